The Bertz CT molecular complexity index is 299. The number of hydrogen-bond donors (Lipinski definition) is 2. The Morgan fingerprint density at radius 1 is 1.53 bits per heavy atom. The zero-order valence-corrected chi connectivity index (χ0v) is 9.60. The van der Waals surface area contributed by atoms with Gasteiger partial charge in [-0.25, -0.2) is 0 Å². The molecule has 1 heterocycles. The van der Waals surface area contributed by atoms with Crippen LogP contribution in [0.4, 0.5) is 0 Å². The number of likely N-dealkylation sites (N-methyl/N-ethyl adjacent to an activating group) is 1. The van der Waals surface area contributed by atoms with Gasteiger partial charge in [-0.1, -0.05) is 0 Å². The van der Waals surface area contributed by atoms with Crippen molar-refractivity contribution in [2.45, 2.75) is 25.9 Å². The fourth-order valence-corrected chi connectivity index (χ4v) is 1.55. The van der Waals surface area contributed by atoms with Gasteiger partial charge in [0.25, 0.3) is 0 Å². The van der Waals surface area contributed by atoms with Crippen LogP contribution in [0, 0.1) is 6.92 Å². The van der Waals surface area contributed by atoms with Gasteiger partial charge in [-0.2, -0.15) is 0 Å². The van der Waals surface area contributed by atoms with Gasteiger partial charge in [-0.15, -0.1) is 0 Å². The molecule has 2 unspecified atom stereocenters. The van der Waals surface area contributed by atoms with Gasteiger partial charge in [0.1, 0.15) is 11.5 Å². The molecule has 0 aromatic carbocycles. The quantitative estimate of drug-likeness (QED) is 0.761. The second-order valence-corrected chi connectivity index (χ2v) is 3.90. The van der Waals surface area contributed by atoms with Crippen LogP contribution in [-0.2, 0) is 0 Å². The first-order valence-electron chi connectivity index (χ1n) is 5.19. The minimum absolute atomic E-state index is 0.0286. The fourth-order valence-electron chi connectivity index (χ4n) is 1.55. The van der Waals surface area contributed by atoms with Gasteiger partial charge in [0.15, 0.2) is 0 Å². The molecule has 0 saturated heterocycles. The summed E-state index contributed by atoms with van der Waals surface area (Å²) in [4.78, 5) is 2.03. The number of rotatable bonds is 5. The van der Waals surface area contributed by atoms with Gasteiger partial charge in [0, 0.05) is 12.6 Å². The first-order chi connectivity index (χ1) is 7.10. The van der Waals surface area contributed by atoms with Crippen LogP contribution in [0.1, 0.15) is 24.5 Å². The van der Waals surface area contributed by atoms with Crippen molar-refractivity contribution in [1.82, 2.24) is 4.90 Å². The normalized spacial score (nSPS) is 15.6. The molecule has 4 heteroatoms. The van der Waals surface area contributed by atoms with E-state index in [4.69, 9.17) is 15.3 Å². The van der Waals surface area contributed by atoms with Gasteiger partial charge in [0.05, 0.1) is 12.6 Å². The summed E-state index contributed by atoms with van der Waals surface area (Å²) in [5.74, 6) is 1.74. The molecule has 0 radical (unpaired) electrons. The highest BCUT2D eigenvalue weighted by molar-refractivity contribution is 5.10. The Hall–Kier alpha value is -0.840. The zero-order valence-electron chi connectivity index (χ0n) is 9.60. The van der Waals surface area contributed by atoms with Crippen LogP contribution < -0.4 is 5.73 Å². The molecule has 1 aromatic heterocycles. The Labute approximate surface area is 90.7 Å². The van der Waals surface area contributed by atoms with E-state index in [1.807, 2.05) is 37.9 Å². The summed E-state index contributed by atoms with van der Waals surface area (Å²) in [6, 6.07) is 3.97. The molecule has 0 bridgehead atoms. The van der Waals surface area contributed by atoms with Crippen LogP contribution in [0.3, 0.4) is 0 Å². The van der Waals surface area contributed by atoms with E-state index < -0.39 is 0 Å². The average molecular weight is 212 g/mol. The first-order valence-corrected chi connectivity index (χ1v) is 5.19. The molecule has 0 amide bonds. The van der Waals surface area contributed by atoms with E-state index in [2.05, 4.69) is 0 Å². The summed E-state index contributed by atoms with van der Waals surface area (Å²) in [6.45, 7) is 4.46. The van der Waals surface area contributed by atoms with Crippen molar-refractivity contribution >= 4 is 0 Å². The molecule has 0 aliphatic rings. The molecule has 15 heavy (non-hydrogen) atoms. The minimum Gasteiger partial charge on any atom is -0.465 e. The maximum absolute atomic E-state index is 9.09. The first kappa shape index (κ1) is 12.2. The molecule has 0 aliphatic heterocycles. The van der Waals surface area contributed by atoms with Crippen molar-refractivity contribution in [2.24, 2.45) is 5.73 Å². The van der Waals surface area contributed by atoms with E-state index >= 15 is 0 Å². The van der Waals surface area contributed by atoms with E-state index in [9.17, 15) is 0 Å². The van der Waals surface area contributed by atoms with Crippen molar-refractivity contribution in [1.29, 1.82) is 0 Å². The number of hydrogen-bond acceptors (Lipinski definition) is 4. The van der Waals surface area contributed by atoms with Crippen molar-refractivity contribution in [3.8, 4) is 0 Å². The van der Waals surface area contributed by atoms with Gasteiger partial charge >= 0.3 is 0 Å². The third kappa shape index (κ3) is 2.81. The molecule has 0 aliphatic carbocycles. The second-order valence-electron chi connectivity index (χ2n) is 3.90. The second kappa shape index (κ2) is 5.30. The monoisotopic (exact) mass is 212 g/mol. The Balaban J connectivity index is 2.79. The maximum Gasteiger partial charge on any atom is 0.122 e. The van der Waals surface area contributed by atoms with Crippen molar-refractivity contribution in [3.63, 3.8) is 0 Å². The zero-order chi connectivity index (χ0) is 11.4. The topological polar surface area (TPSA) is 62.6 Å². The van der Waals surface area contributed by atoms with E-state index in [0.717, 1.165) is 11.5 Å². The Morgan fingerprint density at radius 2 is 2.20 bits per heavy atom. The predicted molar refractivity (Wildman–Crippen MR) is 59.6 cm³/mol. The highest BCUT2D eigenvalue weighted by atomic mass is 16.3. The minimum atomic E-state index is 0.0286. The summed E-state index contributed by atoms with van der Waals surface area (Å²) in [5, 5.41) is 9.09. The third-order valence-electron chi connectivity index (χ3n) is 2.76. The highest BCUT2D eigenvalue weighted by Gasteiger charge is 2.22. The number of nitrogens with zero attached hydrogens (tertiary/aromatic N) is 1. The largest absolute Gasteiger partial charge is 0.465 e. The van der Waals surface area contributed by atoms with E-state index in [1.54, 1.807) is 0 Å². The van der Waals surface area contributed by atoms with Crippen LogP contribution in [0.25, 0.3) is 0 Å². The number of nitrogens with two attached hydrogens (primary N) is 1. The SMILES string of the molecule is Cc1ccc(C(CN)N(C)C(C)CO)o1. The third-order valence-corrected chi connectivity index (χ3v) is 2.76. The predicted octanol–water partition coefficient (Wildman–Crippen LogP) is 0.900. The average Bonchev–Trinajstić information content (AvgIpc) is 2.64. The van der Waals surface area contributed by atoms with Crippen molar-refractivity contribution < 1.29 is 9.52 Å². The Kier molecular flexibility index (Phi) is 4.32. The summed E-state index contributed by atoms with van der Waals surface area (Å²) < 4.78 is 5.55. The lowest BCUT2D eigenvalue weighted by atomic mass is 10.1. The highest BCUT2D eigenvalue weighted by Crippen LogP contribution is 2.22. The number of furan rings is 1. The fraction of sp³-hybridized carbons (Fsp3) is 0.636. The number of aryl methyl sites for hydroxylation is 1. The standard InChI is InChI=1S/C11H20N2O2/c1-8(7-14)13(3)10(6-12)11-5-4-9(2)15-11/h4-5,8,10,14H,6-7,12H2,1-3H3. The van der Waals surface area contributed by atoms with E-state index in [0.29, 0.717) is 6.54 Å². The number of aliphatic hydroxyl groups excluding tert-OH is 1. The lowest BCUT2D eigenvalue weighted by Crippen LogP contribution is -2.38. The molecule has 0 spiro atoms. The smallest absolute Gasteiger partial charge is 0.122 e. The van der Waals surface area contributed by atoms with Gasteiger partial charge < -0.3 is 15.3 Å². The van der Waals surface area contributed by atoms with Gasteiger partial charge in [-0.05, 0) is 33.0 Å². The van der Waals surface area contributed by atoms with Crippen molar-refractivity contribution in [2.75, 3.05) is 20.2 Å². The lowest BCUT2D eigenvalue weighted by Gasteiger charge is -2.29. The van der Waals surface area contributed by atoms with Crippen LogP contribution in [0.2, 0.25) is 0 Å². The van der Waals surface area contributed by atoms with Crippen LogP contribution >= 0.6 is 0 Å². The molecule has 0 saturated carbocycles. The summed E-state index contributed by atoms with van der Waals surface area (Å²) in [5.41, 5.74) is 5.72. The molecular formula is C11H20N2O2. The molecule has 4 nitrogen and oxygen atoms in total. The Morgan fingerprint density at radius 3 is 2.60 bits per heavy atom. The molecule has 86 valence electrons. The molecule has 1 aromatic rings. The van der Waals surface area contributed by atoms with E-state index in [1.165, 1.54) is 0 Å². The van der Waals surface area contributed by atoms with Crippen LogP contribution in [-0.4, -0.2) is 36.2 Å². The maximum atomic E-state index is 9.09. The summed E-state index contributed by atoms with van der Waals surface area (Å²) >= 11 is 0. The summed E-state index contributed by atoms with van der Waals surface area (Å²) in [6.07, 6.45) is 0. The van der Waals surface area contributed by atoms with Crippen LogP contribution in [0.5, 0.6) is 0 Å². The van der Waals surface area contributed by atoms with E-state index in [-0.39, 0.29) is 18.7 Å². The molecule has 3 N–H and O–H groups in total. The molecular weight excluding hydrogens is 192 g/mol. The molecule has 0 fully saturated rings. The van der Waals surface area contributed by atoms with Gasteiger partial charge in [0.2, 0.25) is 0 Å². The van der Waals surface area contributed by atoms with Gasteiger partial charge in [-0.3, -0.25) is 4.90 Å². The van der Waals surface area contributed by atoms with Crippen molar-refractivity contribution in [3.05, 3.63) is 23.7 Å². The number of aliphatic hydroxyl groups is 1. The lowest BCUT2D eigenvalue weighted by molar-refractivity contribution is 0.112. The summed E-state index contributed by atoms with van der Waals surface area (Å²) in [7, 11) is 1.94. The molecule has 2 atom stereocenters. The van der Waals surface area contributed by atoms with Crippen LogP contribution in [0.15, 0.2) is 16.5 Å². The molecule has 1 rings (SSSR count).